The Kier molecular flexibility index (Phi) is 5.84. The molecule has 2 rings (SSSR count). The van der Waals surface area contributed by atoms with Crippen LogP contribution >= 0.6 is 12.4 Å². The number of likely N-dealkylation sites (tertiary alicyclic amines) is 1. The molecule has 1 aliphatic rings. The van der Waals surface area contributed by atoms with Gasteiger partial charge in [-0.25, -0.2) is 0 Å². The summed E-state index contributed by atoms with van der Waals surface area (Å²) >= 11 is 0. The highest BCUT2D eigenvalue weighted by Gasteiger charge is 2.21. The lowest BCUT2D eigenvalue weighted by Gasteiger charge is -2.20. The van der Waals surface area contributed by atoms with E-state index in [0.29, 0.717) is 5.92 Å². The monoisotopic (exact) mass is 282 g/mol. The van der Waals surface area contributed by atoms with Gasteiger partial charge in [0.25, 0.3) is 0 Å². The van der Waals surface area contributed by atoms with Gasteiger partial charge in [-0.1, -0.05) is 45.0 Å². The molecule has 1 aliphatic heterocycles. The van der Waals surface area contributed by atoms with Crippen molar-refractivity contribution in [2.24, 2.45) is 11.7 Å². The normalized spacial score (nSPS) is 20.3. The summed E-state index contributed by atoms with van der Waals surface area (Å²) in [4.78, 5) is 2.52. The third-order valence-electron chi connectivity index (χ3n) is 3.93. The minimum atomic E-state index is 0. The highest BCUT2D eigenvalue weighted by molar-refractivity contribution is 5.85. The fraction of sp³-hybridized carbons (Fsp3) is 0.625. The Hall–Kier alpha value is -0.570. The van der Waals surface area contributed by atoms with Crippen LogP contribution in [0.1, 0.15) is 38.3 Å². The van der Waals surface area contributed by atoms with Crippen molar-refractivity contribution >= 4 is 12.4 Å². The van der Waals surface area contributed by atoms with Crippen LogP contribution in [0.3, 0.4) is 0 Å². The van der Waals surface area contributed by atoms with Crippen LogP contribution in [-0.4, -0.2) is 24.5 Å². The molecule has 1 unspecified atom stereocenters. The predicted octanol–water partition coefficient (Wildman–Crippen LogP) is 3.19. The molecule has 1 atom stereocenters. The largest absolute Gasteiger partial charge is 0.330 e. The van der Waals surface area contributed by atoms with Crippen molar-refractivity contribution in [1.29, 1.82) is 0 Å². The Morgan fingerprint density at radius 3 is 2.32 bits per heavy atom. The van der Waals surface area contributed by atoms with Gasteiger partial charge >= 0.3 is 0 Å². The average Bonchev–Trinajstić information content (AvgIpc) is 2.76. The summed E-state index contributed by atoms with van der Waals surface area (Å²) < 4.78 is 0. The van der Waals surface area contributed by atoms with E-state index in [0.717, 1.165) is 19.6 Å². The summed E-state index contributed by atoms with van der Waals surface area (Å²) in [5, 5.41) is 0. The third-order valence-corrected chi connectivity index (χ3v) is 3.93. The Bertz CT molecular complexity index is 381. The van der Waals surface area contributed by atoms with Gasteiger partial charge in [0.05, 0.1) is 0 Å². The molecule has 0 saturated carbocycles. The molecular formula is C16H27ClN2. The van der Waals surface area contributed by atoms with Crippen molar-refractivity contribution in [1.82, 2.24) is 4.90 Å². The summed E-state index contributed by atoms with van der Waals surface area (Å²) in [5.41, 5.74) is 8.80. The van der Waals surface area contributed by atoms with Crippen molar-refractivity contribution < 1.29 is 0 Å². The van der Waals surface area contributed by atoms with E-state index in [1.165, 1.54) is 24.1 Å². The smallest absolute Gasteiger partial charge is 0.0233 e. The van der Waals surface area contributed by atoms with Crippen LogP contribution in [-0.2, 0) is 12.0 Å². The average molecular weight is 283 g/mol. The summed E-state index contributed by atoms with van der Waals surface area (Å²) in [7, 11) is 0. The van der Waals surface area contributed by atoms with Gasteiger partial charge in [0, 0.05) is 13.1 Å². The molecule has 19 heavy (non-hydrogen) atoms. The van der Waals surface area contributed by atoms with Crippen LogP contribution in [0.15, 0.2) is 24.3 Å². The van der Waals surface area contributed by atoms with Gasteiger partial charge in [-0.05, 0) is 42.0 Å². The number of nitrogens with two attached hydrogens (primary N) is 1. The first-order valence-electron chi connectivity index (χ1n) is 7.01. The summed E-state index contributed by atoms with van der Waals surface area (Å²) in [5.74, 6) is 0.707. The van der Waals surface area contributed by atoms with Gasteiger partial charge in [-0.15, -0.1) is 12.4 Å². The molecule has 1 saturated heterocycles. The molecule has 0 spiro atoms. The van der Waals surface area contributed by atoms with Crippen LogP contribution in [0.25, 0.3) is 0 Å². The van der Waals surface area contributed by atoms with E-state index in [1.54, 1.807) is 0 Å². The molecule has 2 nitrogen and oxygen atoms in total. The second-order valence-corrected chi connectivity index (χ2v) is 6.57. The lowest BCUT2D eigenvalue weighted by molar-refractivity contribution is 0.318. The van der Waals surface area contributed by atoms with Crippen LogP contribution in [0.5, 0.6) is 0 Å². The van der Waals surface area contributed by atoms with E-state index in [-0.39, 0.29) is 17.8 Å². The second-order valence-electron chi connectivity index (χ2n) is 6.57. The first kappa shape index (κ1) is 16.5. The van der Waals surface area contributed by atoms with Gasteiger partial charge in [0.1, 0.15) is 0 Å². The molecule has 1 aromatic carbocycles. The van der Waals surface area contributed by atoms with E-state index in [1.807, 2.05) is 0 Å². The topological polar surface area (TPSA) is 29.3 Å². The van der Waals surface area contributed by atoms with Gasteiger partial charge in [-0.2, -0.15) is 0 Å². The number of nitrogens with zero attached hydrogens (tertiary/aromatic N) is 1. The number of halogens is 1. The van der Waals surface area contributed by atoms with Crippen LogP contribution < -0.4 is 5.73 Å². The quantitative estimate of drug-likeness (QED) is 0.923. The Morgan fingerprint density at radius 1 is 1.21 bits per heavy atom. The maximum Gasteiger partial charge on any atom is 0.0233 e. The maximum absolute atomic E-state index is 5.73. The van der Waals surface area contributed by atoms with Crippen molar-refractivity contribution in [3.63, 3.8) is 0 Å². The van der Waals surface area contributed by atoms with Gasteiger partial charge in [0.2, 0.25) is 0 Å². The molecule has 0 aromatic heterocycles. The summed E-state index contributed by atoms with van der Waals surface area (Å²) in [6.07, 6.45) is 1.26. The zero-order chi connectivity index (χ0) is 13.2. The first-order valence-corrected chi connectivity index (χ1v) is 7.01. The first-order chi connectivity index (χ1) is 8.49. The standard InChI is InChI=1S/C16H26N2.ClH/c1-16(2,3)15-6-4-13(5-7-15)11-18-9-8-14(10-17)12-18;/h4-7,14H,8-12,17H2,1-3H3;1H. The van der Waals surface area contributed by atoms with Gasteiger partial charge in [0.15, 0.2) is 0 Å². The van der Waals surface area contributed by atoms with Gasteiger partial charge in [-0.3, -0.25) is 4.90 Å². The fourth-order valence-corrected chi connectivity index (χ4v) is 2.62. The highest BCUT2D eigenvalue weighted by atomic mass is 35.5. The minimum Gasteiger partial charge on any atom is -0.330 e. The van der Waals surface area contributed by atoms with E-state index in [2.05, 4.69) is 49.9 Å². The van der Waals surface area contributed by atoms with Crippen molar-refractivity contribution in [2.45, 2.75) is 39.2 Å². The molecule has 108 valence electrons. The zero-order valence-electron chi connectivity index (χ0n) is 12.4. The SMILES string of the molecule is CC(C)(C)c1ccc(CN2CCC(CN)C2)cc1.Cl. The lowest BCUT2D eigenvalue weighted by Crippen LogP contribution is -2.22. The number of hydrogen-bond donors (Lipinski definition) is 1. The van der Waals surface area contributed by atoms with E-state index < -0.39 is 0 Å². The second kappa shape index (κ2) is 6.74. The molecule has 0 bridgehead atoms. The lowest BCUT2D eigenvalue weighted by atomic mass is 9.87. The van der Waals surface area contributed by atoms with E-state index >= 15 is 0 Å². The van der Waals surface area contributed by atoms with Crippen molar-refractivity contribution in [3.8, 4) is 0 Å². The fourth-order valence-electron chi connectivity index (χ4n) is 2.62. The summed E-state index contributed by atoms with van der Waals surface area (Å²) in [6.45, 7) is 11.0. The van der Waals surface area contributed by atoms with Crippen LogP contribution in [0.4, 0.5) is 0 Å². The minimum absolute atomic E-state index is 0. The Morgan fingerprint density at radius 2 is 1.84 bits per heavy atom. The van der Waals surface area contributed by atoms with Crippen LogP contribution in [0.2, 0.25) is 0 Å². The number of benzene rings is 1. The van der Waals surface area contributed by atoms with E-state index in [9.17, 15) is 0 Å². The Labute approximate surface area is 123 Å². The molecule has 1 fully saturated rings. The number of hydrogen-bond acceptors (Lipinski definition) is 2. The molecule has 3 heteroatoms. The molecule has 0 aliphatic carbocycles. The van der Waals surface area contributed by atoms with Gasteiger partial charge < -0.3 is 5.73 Å². The molecular weight excluding hydrogens is 256 g/mol. The zero-order valence-corrected chi connectivity index (χ0v) is 13.2. The van der Waals surface area contributed by atoms with Crippen LogP contribution in [0, 0.1) is 5.92 Å². The maximum atomic E-state index is 5.73. The molecule has 0 amide bonds. The third kappa shape index (κ3) is 4.48. The van der Waals surface area contributed by atoms with Crippen molar-refractivity contribution in [2.75, 3.05) is 19.6 Å². The summed E-state index contributed by atoms with van der Waals surface area (Å²) in [6, 6.07) is 9.09. The molecule has 2 N–H and O–H groups in total. The molecule has 1 heterocycles. The predicted molar refractivity (Wildman–Crippen MR) is 84.8 cm³/mol. The Balaban J connectivity index is 0.00000180. The number of rotatable bonds is 3. The highest BCUT2D eigenvalue weighted by Crippen LogP contribution is 2.23. The molecule has 0 radical (unpaired) electrons. The molecule has 1 aromatic rings. The van der Waals surface area contributed by atoms with E-state index in [4.69, 9.17) is 5.73 Å². The van der Waals surface area contributed by atoms with Crippen molar-refractivity contribution in [3.05, 3.63) is 35.4 Å².